The number of para-hydroxylation sites is 1. The first-order chi connectivity index (χ1) is 20.6. The average Bonchev–Trinajstić information content (AvgIpc) is 3.04. The molecule has 0 amide bonds. The summed E-state index contributed by atoms with van der Waals surface area (Å²) < 4.78 is 7.39. The van der Waals surface area contributed by atoms with Crippen molar-refractivity contribution < 1.29 is 25.2 Å². The number of hydrogen-bond acceptors (Lipinski definition) is 1. The van der Waals surface area contributed by atoms with Gasteiger partial charge in [-0.1, -0.05) is 111 Å². The third-order valence-electron chi connectivity index (χ3n) is 8.82. The minimum absolute atomic E-state index is 0. The summed E-state index contributed by atoms with van der Waals surface area (Å²) >= 11 is 0. The Hall–Kier alpha value is -3.10. The maximum absolute atomic E-state index is 7.39. The fourth-order valence-electron chi connectivity index (χ4n) is 6.72. The van der Waals surface area contributed by atoms with E-state index in [1.165, 1.54) is 37.4 Å². The second-order valence-electron chi connectivity index (χ2n) is 11.7. The Morgan fingerprint density at radius 3 is 1.51 bits per heavy atom. The molecule has 0 spiro atoms. The van der Waals surface area contributed by atoms with Crippen LogP contribution in [0.5, 0.6) is 5.75 Å². The first-order valence-corrected chi connectivity index (χ1v) is 17.8. The van der Waals surface area contributed by atoms with E-state index in [2.05, 4.69) is 172 Å². The van der Waals surface area contributed by atoms with Gasteiger partial charge in [-0.25, -0.2) is 0 Å². The van der Waals surface area contributed by atoms with Crippen LogP contribution in [0.15, 0.2) is 163 Å². The molecule has 0 bridgehead atoms. The Morgan fingerprint density at radius 2 is 1.02 bits per heavy atom. The van der Waals surface area contributed by atoms with Crippen molar-refractivity contribution in [3.05, 3.63) is 169 Å². The predicted octanol–water partition coefficient (Wildman–Crippen LogP) is 7.15. The number of rotatable bonds is 6. The zero-order valence-electron chi connectivity index (χ0n) is 24.4. The van der Waals surface area contributed by atoms with Gasteiger partial charge in [-0.3, -0.25) is 0 Å². The van der Waals surface area contributed by atoms with E-state index >= 15 is 0 Å². The van der Waals surface area contributed by atoms with Gasteiger partial charge in [0, 0.05) is 37.3 Å². The van der Waals surface area contributed by atoms with Crippen molar-refractivity contribution >= 4 is 42.4 Å². The van der Waals surface area contributed by atoms with Crippen LogP contribution >= 0.6 is 15.8 Å². The van der Waals surface area contributed by atoms with Crippen LogP contribution in [0, 0.1) is 5.92 Å². The molecule has 0 aromatic heterocycles. The molecule has 1 aliphatic carbocycles. The van der Waals surface area contributed by atoms with Crippen molar-refractivity contribution in [3.8, 4) is 5.75 Å². The average molecular weight is 689 g/mol. The van der Waals surface area contributed by atoms with Gasteiger partial charge in [-0.15, -0.1) is 0 Å². The van der Waals surface area contributed by atoms with E-state index in [1.807, 2.05) is 0 Å². The second-order valence-corrected chi connectivity index (χ2v) is 16.6. The Morgan fingerprint density at radius 1 is 0.558 bits per heavy atom. The van der Waals surface area contributed by atoms with Gasteiger partial charge < -0.3 is 4.74 Å². The molecule has 1 heterocycles. The molecular weight excluding hydrogens is 653 g/mol. The van der Waals surface area contributed by atoms with Crippen LogP contribution in [0.1, 0.15) is 19.4 Å². The molecule has 0 radical (unpaired) electrons. The molecule has 2 aliphatic rings. The van der Waals surface area contributed by atoms with E-state index in [0.29, 0.717) is 0 Å². The van der Waals surface area contributed by atoms with E-state index < -0.39 is 15.8 Å². The van der Waals surface area contributed by atoms with Crippen molar-refractivity contribution in [2.45, 2.75) is 25.4 Å². The van der Waals surface area contributed by atoms with E-state index in [4.69, 9.17) is 4.74 Å². The van der Waals surface area contributed by atoms with Crippen LogP contribution in [0.25, 0.3) is 0 Å². The molecule has 1 nitrogen and oxygen atoms in total. The van der Waals surface area contributed by atoms with Gasteiger partial charge >= 0.3 is 0 Å². The summed E-state index contributed by atoms with van der Waals surface area (Å²) in [7, 11) is -2.56. The smallest absolute Gasteiger partial charge is 0.166 e. The van der Waals surface area contributed by atoms with Crippen LogP contribution in [0.3, 0.4) is 0 Å². The number of hydrogen-bond donors (Lipinski definition) is 0. The molecule has 1 aliphatic heterocycles. The van der Waals surface area contributed by atoms with Gasteiger partial charge in [0.05, 0.1) is 7.92 Å². The zero-order chi connectivity index (χ0) is 28.5. The van der Waals surface area contributed by atoms with Crippen molar-refractivity contribution in [1.82, 2.24) is 0 Å². The van der Waals surface area contributed by atoms with Gasteiger partial charge in [-0.2, -0.15) is 0 Å². The van der Waals surface area contributed by atoms with Crippen molar-refractivity contribution in [2.24, 2.45) is 5.92 Å². The fourth-order valence-corrected chi connectivity index (χ4v) is 12.2. The summed E-state index contributed by atoms with van der Waals surface area (Å²) in [4.78, 5) is 0. The molecular formula is C39H36OP2Pd+2. The minimum Gasteiger partial charge on any atom is -0.477 e. The topological polar surface area (TPSA) is 9.23 Å². The molecule has 43 heavy (non-hydrogen) atoms. The molecule has 7 rings (SSSR count). The van der Waals surface area contributed by atoms with Gasteiger partial charge in [0.15, 0.2) is 11.9 Å². The molecule has 2 atom stereocenters. The third-order valence-corrected chi connectivity index (χ3v) is 14.4. The predicted molar refractivity (Wildman–Crippen MR) is 185 cm³/mol. The fraction of sp³-hybridized carbons (Fsp3) is 0.128. The second kappa shape index (κ2) is 12.9. The SMILES string of the molecule is CC1(C)c2cccc([PH+](c3ccccc3)c3ccccc3)c2OC2C([PH+](c3ccccc3)c3ccccc3)=CC=CC21.[Pd]. The number of allylic oxidation sites excluding steroid dienone is 2. The van der Waals surface area contributed by atoms with Crippen molar-refractivity contribution in [1.29, 1.82) is 0 Å². The summed E-state index contributed by atoms with van der Waals surface area (Å²) in [5.41, 5.74) is 1.22. The molecule has 4 heteroatoms. The Balaban J connectivity index is 0.00000329. The number of benzene rings is 5. The molecule has 5 aromatic rings. The number of fused-ring (bicyclic) bond motifs is 2. The van der Waals surface area contributed by atoms with E-state index in [-0.39, 0.29) is 37.9 Å². The van der Waals surface area contributed by atoms with Crippen LogP contribution in [0.4, 0.5) is 0 Å². The maximum atomic E-state index is 7.39. The van der Waals surface area contributed by atoms with Gasteiger partial charge in [0.1, 0.15) is 39.8 Å². The Labute approximate surface area is 271 Å². The van der Waals surface area contributed by atoms with Crippen LogP contribution < -0.4 is 31.3 Å². The third kappa shape index (κ3) is 5.64. The first kappa shape index (κ1) is 30.0. The minimum atomic E-state index is -1.30. The summed E-state index contributed by atoms with van der Waals surface area (Å²) in [6, 6.07) is 51.1. The van der Waals surface area contributed by atoms with Gasteiger partial charge in [-0.05, 0) is 60.7 Å². The van der Waals surface area contributed by atoms with Crippen LogP contribution in [0.2, 0.25) is 0 Å². The zero-order valence-corrected chi connectivity index (χ0v) is 27.9. The first-order valence-electron chi connectivity index (χ1n) is 14.8. The normalized spacial score (nSPS) is 18.2. The van der Waals surface area contributed by atoms with E-state index in [9.17, 15) is 0 Å². The van der Waals surface area contributed by atoms with E-state index in [0.717, 1.165) is 5.75 Å². The van der Waals surface area contributed by atoms with Crippen LogP contribution in [-0.4, -0.2) is 6.10 Å². The summed E-state index contributed by atoms with van der Waals surface area (Å²) in [5, 5.41) is 8.31. The van der Waals surface area contributed by atoms with Gasteiger partial charge in [0.25, 0.3) is 0 Å². The largest absolute Gasteiger partial charge is 0.477 e. The molecule has 0 N–H and O–H groups in total. The molecule has 0 saturated carbocycles. The molecule has 2 unspecified atom stereocenters. The Kier molecular flexibility index (Phi) is 8.96. The Bertz CT molecular complexity index is 1660. The quantitative estimate of drug-likeness (QED) is 0.136. The maximum Gasteiger partial charge on any atom is 0.166 e. The molecule has 0 fully saturated rings. The summed E-state index contributed by atoms with van der Waals surface area (Å²) in [6.45, 7) is 4.83. The molecule has 216 valence electrons. The molecule has 5 aromatic carbocycles. The summed E-state index contributed by atoms with van der Waals surface area (Å²) in [5.74, 6) is 1.34. The summed E-state index contributed by atoms with van der Waals surface area (Å²) in [6.07, 6.45) is 7.01. The van der Waals surface area contributed by atoms with Crippen molar-refractivity contribution in [2.75, 3.05) is 0 Å². The monoisotopic (exact) mass is 688 g/mol. The van der Waals surface area contributed by atoms with Crippen LogP contribution in [-0.2, 0) is 25.8 Å². The van der Waals surface area contributed by atoms with E-state index in [1.54, 1.807) is 0 Å². The standard InChI is InChI=1S/C39H34OP2.Pd/c1-39(2)33-25-15-27-35(41(29-17-7-3-8-18-29)30-19-9-4-10-20-30)37(33)40-38-34(39)26-16-28-36(38)42(31-21-11-5-12-22-31)32-23-13-6-14-24-32;/h3-28,33,37H,1-2H3;/p+2. The molecule has 0 saturated heterocycles. The number of ether oxygens (including phenoxy) is 1. The van der Waals surface area contributed by atoms with Gasteiger partial charge in [0.2, 0.25) is 0 Å². The van der Waals surface area contributed by atoms with Crippen molar-refractivity contribution in [3.63, 3.8) is 0 Å².